The Labute approximate surface area is 120 Å². The average molecular weight is 292 g/mol. The van der Waals surface area contributed by atoms with Gasteiger partial charge in [-0.1, -0.05) is 23.2 Å². The van der Waals surface area contributed by atoms with Crippen molar-refractivity contribution < 1.29 is 4.42 Å². The van der Waals surface area contributed by atoms with E-state index in [2.05, 4.69) is 0 Å². The monoisotopic (exact) mass is 291 g/mol. The first-order chi connectivity index (χ1) is 9.17. The standard InChI is InChI=1S/C15H11Cl2NO/c16-11-1-3-13(10(6-11)8-18)15-7-9-5-12(17)2-4-14(9)19-15/h1-7H,8,18H2. The minimum Gasteiger partial charge on any atom is -0.456 e. The number of hydrogen-bond acceptors (Lipinski definition) is 2. The third-order valence-corrected chi connectivity index (χ3v) is 3.50. The fourth-order valence-electron chi connectivity index (χ4n) is 2.12. The lowest BCUT2D eigenvalue weighted by molar-refractivity contribution is 0.630. The molecule has 2 aromatic carbocycles. The van der Waals surface area contributed by atoms with Gasteiger partial charge in [-0.25, -0.2) is 0 Å². The van der Waals surface area contributed by atoms with Crippen molar-refractivity contribution in [3.63, 3.8) is 0 Å². The van der Waals surface area contributed by atoms with Crippen LogP contribution in [0.1, 0.15) is 5.56 Å². The molecule has 0 radical (unpaired) electrons. The number of fused-ring (bicyclic) bond motifs is 1. The van der Waals surface area contributed by atoms with Crippen LogP contribution in [0, 0.1) is 0 Å². The molecule has 0 bridgehead atoms. The van der Waals surface area contributed by atoms with Crippen LogP contribution in [-0.4, -0.2) is 0 Å². The van der Waals surface area contributed by atoms with Gasteiger partial charge in [0.1, 0.15) is 11.3 Å². The summed E-state index contributed by atoms with van der Waals surface area (Å²) in [7, 11) is 0. The number of hydrogen-bond donors (Lipinski definition) is 1. The Bertz CT molecular complexity index is 749. The number of furan rings is 1. The van der Waals surface area contributed by atoms with Gasteiger partial charge in [0.2, 0.25) is 0 Å². The molecule has 19 heavy (non-hydrogen) atoms. The molecule has 0 spiro atoms. The van der Waals surface area contributed by atoms with Crippen molar-refractivity contribution in [1.82, 2.24) is 0 Å². The summed E-state index contributed by atoms with van der Waals surface area (Å²) in [4.78, 5) is 0. The molecular formula is C15H11Cl2NO. The Morgan fingerprint density at radius 2 is 1.68 bits per heavy atom. The van der Waals surface area contributed by atoms with Crippen LogP contribution in [0.3, 0.4) is 0 Å². The van der Waals surface area contributed by atoms with Gasteiger partial charge in [-0.05, 0) is 48.0 Å². The molecule has 0 saturated carbocycles. The second-order valence-electron chi connectivity index (χ2n) is 4.30. The van der Waals surface area contributed by atoms with Crippen molar-refractivity contribution in [3.8, 4) is 11.3 Å². The normalized spacial score (nSPS) is 11.1. The van der Waals surface area contributed by atoms with Crippen LogP contribution >= 0.6 is 23.2 Å². The summed E-state index contributed by atoms with van der Waals surface area (Å²) in [5, 5.41) is 2.33. The van der Waals surface area contributed by atoms with E-state index in [-0.39, 0.29) is 0 Å². The molecule has 0 atom stereocenters. The Kier molecular flexibility index (Phi) is 3.23. The van der Waals surface area contributed by atoms with E-state index in [1.165, 1.54) is 0 Å². The molecule has 1 heterocycles. The maximum absolute atomic E-state index is 5.98. The highest BCUT2D eigenvalue weighted by Gasteiger charge is 2.10. The van der Waals surface area contributed by atoms with Crippen molar-refractivity contribution in [2.45, 2.75) is 6.54 Å². The van der Waals surface area contributed by atoms with E-state index in [9.17, 15) is 0 Å². The van der Waals surface area contributed by atoms with Crippen LogP contribution in [-0.2, 0) is 6.54 Å². The van der Waals surface area contributed by atoms with Crippen LogP contribution in [0.2, 0.25) is 10.0 Å². The van der Waals surface area contributed by atoms with Crippen molar-refractivity contribution in [3.05, 3.63) is 58.1 Å². The SMILES string of the molecule is NCc1cc(Cl)ccc1-c1cc2cc(Cl)ccc2o1. The van der Waals surface area contributed by atoms with E-state index in [1.807, 2.05) is 42.5 Å². The number of nitrogens with two attached hydrogens (primary N) is 1. The summed E-state index contributed by atoms with van der Waals surface area (Å²) in [5.74, 6) is 0.773. The molecule has 3 aromatic rings. The van der Waals surface area contributed by atoms with Gasteiger partial charge in [0.05, 0.1) is 0 Å². The molecule has 1 aromatic heterocycles. The molecule has 0 aliphatic carbocycles. The minimum atomic E-state index is 0.410. The molecule has 96 valence electrons. The summed E-state index contributed by atoms with van der Waals surface area (Å²) in [6.07, 6.45) is 0. The number of benzene rings is 2. The Morgan fingerprint density at radius 1 is 0.947 bits per heavy atom. The van der Waals surface area contributed by atoms with Gasteiger partial charge in [-0.2, -0.15) is 0 Å². The lowest BCUT2D eigenvalue weighted by atomic mass is 10.1. The zero-order valence-corrected chi connectivity index (χ0v) is 11.5. The first-order valence-corrected chi connectivity index (χ1v) is 6.61. The molecule has 0 amide bonds. The van der Waals surface area contributed by atoms with Gasteiger partial charge >= 0.3 is 0 Å². The van der Waals surface area contributed by atoms with Crippen molar-refractivity contribution in [1.29, 1.82) is 0 Å². The molecular weight excluding hydrogens is 281 g/mol. The highest BCUT2D eigenvalue weighted by atomic mass is 35.5. The van der Waals surface area contributed by atoms with Gasteiger partial charge in [-0.3, -0.25) is 0 Å². The van der Waals surface area contributed by atoms with Crippen LogP contribution in [0.4, 0.5) is 0 Å². The van der Waals surface area contributed by atoms with Gasteiger partial charge in [0.25, 0.3) is 0 Å². The molecule has 0 fully saturated rings. The zero-order chi connectivity index (χ0) is 13.4. The first-order valence-electron chi connectivity index (χ1n) is 5.85. The first kappa shape index (κ1) is 12.5. The van der Waals surface area contributed by atoms with Gasteiger partial charge < -0.3 is 10.2 Å². The predicted molar refractivity (Wildman–Crippen MR) is 79.6 cm³/mol. The molecule has 0 saturated heterocycles. The van der Waals surface area contributed by atoms with Gasteiger partial charge in [0, 0.05) is 27.5 Å². The molecule has 4 heteroatoms. The highest BCUT2D eigenvalue weighted by Crippen LogP contribution is 2.32. The lowest BCUT2D eigenvalue weighted by Gasteiger charge is -2.05. The van der Waals surface area contributed by atoms with Crippen LogP contribution in [0.5, 0.6) is 0 Å². The van der Waals surface area contributed by atoms with Gasteiger partial charge in [-0.15, -0.1) is 0 Å². The quantitative estimate of drug-likeness (QED) is 0.732. The Morgan fingerprint density at radius 3 is 2.47 bits per heavy atom. The van der Waals surface area contributed by atoms with Crippen molar-refractivity contribution >= 4 is 34.2 Å². The Hall–Kier alpha value is -1.48. The fraction of sp³-hybridized carbons (Fsp3) is 0.0667. The second-order valence-corrected chi connectivity index (χ2v) is 5.17. The second kappa shape index (κ2) is 4.89. The summed E-state index contributed by atoms with van der Waals surface area (Å²) in [6.45, 7) is 0.410. The molecule has 2 nitrogen and oxygen atoms in total. The maximum Gasteiger partial charge on any atom is 0.135 e. The third-order valence-electron chi connectivity index (χ3n) is 3.03. The van der Waals surface area contributed by atoms with E-state index >= 15 is 0 Å². The summed E-state index contributed by atoms with van der Waals surface area (Å²) >= 11 is 12.0. The van der Waals surface area contributed by atoms with E-state index in [0.717, 1.165) is 27.9 Å². The van der Waals surface area contributed by atoms with Crippen LogP contribution in [0.25, 0.3) is 22.3 Å². The Balaban J connectivity index is 2.18. The molecule has 2 N–H and O–H groups in total. The summed E-state index contributed by atoms with van der Waals surface area (Å²) in [6, 6.07) is 13.1. The molecule has 3 rings (SSSR count). The minimum absolute atomic E-state index is 0.410. The van der Waals surface area contributed by atoms with Crippen LogP contribution < -0.4 is 5.73 Å². The summed E-state index contributed by atoms with van der Waals surface area (Å²) in [5.41, 5.74) is 8.47. The summed E-state index contributed by atoms with van der Waals surface area (Å²) < 4.78 is 5.83. The fourth-order valence-corrected chi connectivity index (χ4v) is 2.49. The van der Waals surface area contributed by atoms with Crippen molar-refractivity contribution in [2.75, 3.05) is 0 Å². The van der Waals surface area contributed by atoms with E-state index in [0.29, 0.717) is 16.6 Å². The number of halogens is 2. The molecule has 0 unspecified atom stereocenters. The lowest BCUT2D eigenvalue weighted by Crippen LogP contribution is -1.98. The van der Waals surface area contributed by atoms with E-state index in [4.69, 9.17) is 33.4 Å². The molecule has 0 aliphatic heterocycles. The van der Waals surface area contributed by atoms with Crippen molar-refractivity contribution in [2.24, 2.45) is 5.73 Å². The average Bonchev–Trinajstić information content (AvgIpc) is 2.81. The smallest absolute Gasteiger partial charge is 0.135 e. The van der Waals surface area contributed by atoms with E-state index in [1.54, 1.807) is 0 Å². The van der Waals surface area contributed by atoms with Gasteiger partial charge in [0.15, 0.2) is 0 Å². The molecule has 0 aliphatic rings. The largest absolute Gasteiger partial charge is 0.456 e. The number of rotatable bonds is 2. The predicted octanol–water partition coefficient (Wildman–Crippen LogP) is 4.87. The van der Waals surface area contributed by atoms with E-state index < -0.39 is 0 Å². The third kappa shape index (κ3) is 2.35. The maximum atomic E-state index is 5.98. The highest BCUT2D eigenvalue weighted by molar-refractivity contribution is 6.31. The zero-order valence-electron chi connectivity index (χ0n) is 9.99. The topological polar surface area (TPSA) is 39.2 Å². The van der Waals surface area contributed by atoms with Crippen LogP contribution in [0.15, 0.2) is 46.9 Å².